The molecule has 3 aromatic carbocycles. The van der Waals surface area contributed by atoms with E-state index in [1.165, 1.54) is 5.01 Å². The van der Waals surface area contributed by atoms with Crippen LogP contribution < -0.4 is 21.3 Å². The smallest absolute Gasteiger partial charge is 0.310 e. The minimum Gasteiger partial charge on any atom is -0.492 e. The number of aryl methyl sites for hydroxylation is 1. The molecule has 5 rings (SSSR count). The highest BCUT2D eigenvalue weighted by Crippen LogP contribution is 2.45. The molecule has 0 saturated heterocycles. The quantitative estimate of drug-likeness (QED) is 0.159. The highest BCUT2D eigenvalue weighted by atomic mass is 16.5. The number of nitrogens with zero attached hydrogens (tertiary/aromatic N) is 3. The van der Waals surface area contributed by atoms with Crippen LogP contribution in [0.3, 0.4) is 0 Å². The van der Waals surface area contributed by atoms with Crippen LogP contribution in [0.25, 0.3) is 10.9 Å². The minimum atomic E-state index is -1.09. The van der Waals surface area contributed by atoms with E-state index in [2.05, 4.69) is 41.1 Å². The van der Waals surface area contributed by atoms with Gasteiger partial charge in [0.2, 0.25) is 0 Å². The molecule has 1 aliphatic heterocycles. The van der Waals surface area contributed by atoms with Crippen molar-refractivity contribution in [1.29, 1.82) is 0 Å². The van der Waals surface area contributed by atoms with E-state index in [0.717, 1.165) is 63.1 Å². The summed E-state index contributed by atoms with van der Waals surface area (Å²) in [7, 11) is 1.74. The Morgan fingerprint density at radius 1 is 1.17 bits per heavy atom. The Kier molecular flexibility index (Phi) is 7.64. The average molecular weight is 554 g/mol. The van der Waals surface area contributed by atoms with Gasteiger partial charge in [-0.25, -0.2) is 5.84 Å². The molecule has 0 radical (unpaired) electrons. The van der Waals surface area contributed by atoms with Gasteiger partial charge in [-0.2, -0.15) is 0 Å². The summed E-state index contributed by atoms with van der Waals surface area (Å²) >= 11 is 0. The second kappa shape index (κ2) is 11.0. The number of benzene rings is 3. The molecule has 1 aliphatic rings. The molecule has 0 amide bonds. The van der Waals surface area contributed by atoms with Crippen LogP contribution >= 0.6 is 0 Å². The van der Waals surface area contributed by atoms with Crippen molar-refractivity contribution in [3.8, 4) is 5.75 Å². The Balaban J connectivity index is 1.52. The number of ether oxygens (including phenoxy) is 1. The van der Waals surface area contributed by atoms with E-state index in [9.17, 15) is 9.90 Å². The van der Waals surface area contributed by atoms with E-state index in [1.54, 1.807) is 27.1 Å². The molecular weight excluding hydrogens is 514 g/mol. The van der Waals surface area contributed by atoms with E-state index in [0.29, 0.717) is 24.5 Å². The fraction of sp³-hybridized carbons (Fsp3) is 0.333. The molecule has 8 heteroatoms. The lowest BCUT2D eigenvalue weighted by Crippen LogP contribution is -2.33. The van der Waals surface area contributed by atoms with E-state index in [-0.39, 0.29) is 0 Å². The number of rotatable bonds is 7. The zero-order valence-electron chi connectivity index (χ0n) is 24.4. The molecule has 0 aliphatic carbocycles. The van der Waals surface area contributed by atoms with Crippen LogP contribution in [0.15, 0.2) is 60.8 Å². The summed E-state index contributed by atoms with van der Waals surface area (Å²) in [6.07, 6.45) is 1.80. The third-order valence-corrected chi connectivity index (χ3v) is 8.44. The van der Waals surface area contributed by atoms with E-state index in [4.69, 9.17) is 16.3 Å². The number of anilines is 2. The number of hydrazine groups is 1. The minimum absolute atomic E-state index is 0.425. The van der Waals surface area contributed by atoms with Gasteiger partial charge in [0, 0.05) is 55.8 Å². The summed E-state index contributed by atoms with van der Waals surface area (Å²) in [4.78, 5) is 19.5. The molecule has 0 saturated carbocycles. The normalized spacial score (nSPS) is 14.7. The second-order valence-corrected chi connectivity index (χ2v) is 11.7. The van der Waals surface area contributed by atoms with Crippen molar-refractivity contribution in [1.82, 2.24) is 9.88 Å². The number of hydrogen-bond donors (Lipinski definition) is 3. The number of nitrogen functional groups attached to an aromatic ring is 1. The van der Waals surface area contributed by atoms with Crippen LogP contribution in [0.1, 0.15) is 53.1 Å². The maximum atomic E-state index is 12.6. The van der Waals surface area contributed by atoms with Crippen molar-refractivity contribution >= 4 is 28.2 Å². The number of aromatic nitrogens is 1. The van der Waals surface area contributed by atoms with Gasteiger partial charge in [-0.15, -0.1) is 0 Å². The molecule has 41 heavy (non-hydrogen) atoms. The lowest BCUT2D eigenvalue weighted by molar-refractivity contribution is -0.147. The number of fused-ring (bicyclic) bond motifs is 2. The van der Waals surface area contributed by atoms with Crippen molar-refractivity contribution in [3.05, 3.63) is 94.2 Å². The molecule has 0 bridgehead atoms. The monoisotopic (exact) mass is 553 g/mol. The van der Waals surface area contributed by atoms with Crippen molar-refractivity contribution in [2.75, 3.05) is 30.9 Å². The second-order valence-electron chi connectivity index (χ2n) is 11.7. The molecule has 1 aromatic heterocycles. The topological polar surface area (TPSA) is 118 Å². The Bertz CT molecular complexity index is 1610. The van der Waals surface area contributed by atoms with Crippen LogP contribution in [-0.2, 0) is 17.9 Å². The van der Waals surface area contributed by atoms with Gasteiger partial charge in [-0.1, -0.05) is 30.3 Å². The molecule has 1 unspecified atom stereocenters. The van der Waals surface area contributed by atoms with Gasteiger partial charge in [0.05, 0.1) is 22.3 Å². The number of hydrogen-bond acceptors (Lipinski definition) is 7. The molecule has 214 valence electrons. The van der Waals surface area contributed by atoms with Crippen LogP contribution in [0.5, 0.6) is 5.75 Å². The number of carboxylic acids is 1. The summed E-state index contributed by atoms with van der Waals surface area (Å²) in [5.74, 6) is 5.58. The first-order valence-corrected chi connectivity index (χ1v) is 13.9. The van der Waals surface area contributed by atoms with Gasteiger partial charge in [0.25, 0.3) is 0 Å². The van der Waals surface area contributed by atoms with Crippen LogP contribution in [0, 0.1) is 19.3 Å². The molecule has 1 atom stereocenters. The maximum absolute atomic E-state index is 12.6. The predicted molar refractivity (Wildman–Crippen MR) is 164 cm³/mol. The van der Waals surface area contributed by atoms with E-state index < -0.39 is 17.3 Å². The number of nitrogens with two attached hydrogens (primary N) is 2. The third-order valence-electron chi connectivity index (χ3n) is 8.44. The van der Waals surface area contributed by atoms with E-state index in [1.807, 2.05) is 37.3 Å². The van der Waals surface area contributed by atoms with Gasteiger partial charge in [0.1, 0.15) is 12.4 Å². The number of aliphatic carboxylic acids is 1. The molecule has 8 nitrogen and oxygen atoms in total. The summed E-state index contributed by atoms with van der Waals surface area (Å²) < 4.78 is 6.13. The number of carbonyl (C=O) groups is 1. The molecule has 4 aromatic rings. The number of carboxylic acid groups (broad SMARTS) is 1. The van der Waals surface area contributed by atoms with Crippen molar-refractivity contribution in [2.24, 2.45) is 11.3 Å². The molecule has 5 N–H and O–H groups in total. The van der Waals surface area contributed by atoms with Crippen molar-refractivity contribution < 1.29 is 14.6 Å². The Morgan fingerprint density at radius 3 is 2.68 bits per heavy atom. The van der Waals surface area contributed by atoms with Crippen LogP contribution in [0.2, 0.25) is 0 Å². The van der Waals surface area contributed by atoms with E-state index >= 15 is 0 Å². The zero-order valence-corrected chi connectivity index (χ0v) is 24.4. The van der Waals surface area contributed by atoms with Gasteiger partial charge >= 0.3 is 5.97 Å². The summed E-state index contributed by atoms with van der Waals surface area (Å²) in [6.45, 7) is 10.4. The fourth-order valence-electron chi connectivity index (χ4n) is 5.89. The fourth-order valence-corrected chi connectivity index (χ4v) is 5.89. The largest absolute Gasteiger partial charge is 0.492 e. The Labute approximate surface area is 241 Å². The first kappa shape index (κ1) is 28.4. The molecule has 0 spiro atoms. The van der Waals surface area contributed by atoms with Gasteiger partial charge in [-0.05, 0) is 73.7 Å². The van der Waals surface area contributed by atoms with Gasteiger partial charge in [-0.3, -0.25) is 14.7 Å². The maximum Gasteiger partial charge on any atom is 0.310 e. The molecular formula is C33H39N5O3. The highest BCUT2D eigenvalue weighted by molar-refractivity contribution is 5.81. The first-order chi connectivity index (χ1) is 19.5. The average Bonchev–Trinajstić information content (AvgIpc) is 3.12. The van der Waals surface area contributed by atoms with Crippen LogP contribution in [-0.4, -0.2) is 41.2 Å². The zero-order chi connectivity index (χ0) is 29.5. The van der Waals surface area contributed by atoms with Crippen molar-refractivity contribution in [3.63, 3.8) is 0 Å². The first-order valence-electron chi connectivity index (χ1n) is 13.9. The lowest BCUT2D eigenvalue weighted by atomic mass is 9.69. The number of pyridine rings is 1. The summed E-state index contributed by atoms with van der Waals surface area (Å²) in [6, 6.07) is 18.4. The SMILES string of the molecule is Cc1ccc(C(c2ccc(N(C)N)c(N)c2C)C(C)(C)C(=O)O)cc1CN1CCOc2cc3ncccc3cc2C1. The lowest BCUT2D eigenvalue weighted by Gasteiger charge is -2.34. The van der Waals surface area contributed by atoms with Gasteiger partial charge < -0.3 is 20.6 Å². The van der Waals surface area contributed by atoms with Gasteiger partial charge in [0.15, 0.2) is 0 Å². The van der Waals surface area contributed by atoms with Crippen molar-refractivity contribution in [2.45, 2.75) is 46.7 Å². The standard InChI is InChI=1S/C33H39N5O3/c1-20-8-9-23(30(33(3,4)32(39)40)26-10-11-28(37(5)35)31(34)21(26)2)16-24(20)18-38-13-14-41-29-17-27-22(7-6-12-36-27)15-25(29)19-38/h6-12,15-17,30H,13-14,18-19,34-35H2,1-5H3,(H,39,40). The molecule has 0 fully saturated rings. The summed E-state index contributed by atoms with van der Waals surface area (Å²) in [5, 5.41) is 12.9. The summed E-state index contributed by atoms with van der Waals surface area (Å²) in [5.41, 5.74) is 13.7. The molecule has 2 heterocycles. The Hall–Kier alpha value is -4.14. The predicted octanol–water partition coefficient (Wildman–Crippen LogP) is 5.38. The Morgan fingerprint density at radius 2 is 1.95 bits per heavy atom. The highest BCUT2D eigenvalue weighted by Gasteiger charge is 2.40. The third kappa shape index (κ3) is 5.45. The van der Waals surface area contributed by atoms with Crippen LogP contribution in [0.4, 0.5) is 11.4 Å².